The van der Waals surface area contributed by atoms with Crippen molar-refractivity contribution in [1.82, 2.24) is 4.31 Å². The third kappa shape index (κ3) is 5.02. The van der Waals surface area contributed by atoms with E-state index in [9.17, 15) is 18.0 Å². The van der Waals surface area contributed by atoms with Crippen LogP contribution in [0.1, 0.15) is 35.2 Å². The van der Waals surface area contributed by atoms with Gasteiger partial charge < -0.3 is 10.1 Å². The van der Waals surface area contributed by atoms with Gasteiger partial charge in [0.25, 0.3) is 5.91 Å². The van der Waals surface area contributed by atoms with Gasteiger partial charge in [0.2, 0.25) is 10.0 Å². The molecular weight excluding hydrogens is 392 g/mol. The lowest BCUT2D eigenvalue weighted by atomic mass is 10.2. The molecule has 1 amide bonds. The molecule has 2 aromatic carbocycles. The number of anilines is 1. The van der Waals surface area contributed by atoms with Crippen LogP contribution in [-0.2, 0) is 14.8 Å². The maximum atomic E-state index is 13.0. The standard InChI is InChI=1S/C21H24N2O5S/c1-16-9-10-18(13-20(16)29(26,27)23-11-5-2-6-12-23)22-21(25)15-28-19-8-4-3-7-17(19)14-24/h3-4,7-10,13-14H,2,5-6,11-12,15H2,1H3,(H,22,25). The highest BCUT2D eigenvalue weighted by Gasteiger charge is 2.27. The molecule has 0 atom stereocenters. The molecule has 8 heteroatoms. The van der Waals surface area contributed by atoms with Crippen molar-refractivity contribution in [2.24, 2.45) is 0 Å². The molecule has 0 spiro atoms. The quantitative estimate of drug-likeness (QED) is 0.701. The van der Waals surface area contributed by atoms with E-state index in [4.69, 9.17) is 4.74 Å². The van der Waals surface area contributed by atoms with Crippen LogP contribution < -0.4 is 10.1 Å². The fourth-order valence-electron chi connectivity index (χ4n) is 3.25. The number of nitrogens with zero attached hydrogens (tertiary/aromatic N) is 1. The Balaban J connectivity index is 1.70. The van der Waals surface area contributed by atoms with Gasteiger partial charge in [-0.25, -0.2) is 8.42 Å². The van der Waals surface area contributed by atoms with Crippen molar-refractivity contribution in [3.05, 3.63) is 53.6 Å². The Hall–Kier alpha value is -2.71. The minimum absolute atomic E-state index is 0.199. The molecule has 1 aliphatic rings. The van der Waals surface area contributed by atoms with Gasteiger partial charge >= 0.3 is 0 Å². The van der Waals surface area contributed by atoms with Crippen LogP contribution in [-0.4, -0.2) is 44.6 Å². The van der Waals surface area contributed by atoms with E-state index in [-0.39, 0.29) is 11.5 Å². The second-order valence-corrected chi connectivity index (χ2v) is 8.84. The van der Waals surface area contributed by atoms with Crippen molar-refractivity contribution in [1.29, 1.82) is 0 Å². The number of aryl methyl sites for hydroxylation is 1. The number of ether oxygens (including phenoxy) is 1. The average Bonchev–Trinajstić information content (AvgIpc) is 2.74. The third-order valence-corrected chi connectivity index (χ3v) is 6.85. The van der Waals surface area contributed by atoms with Crippen LogP contribution >= 0.6 is 0 Å². The summed E-state index contributed by atoms with van der Waals surface area (Å²) in [6.45, 7) is 2.47. The monoisotopic (exact) mass is 416 g/mol. The van der Waals surface area contributed by atoms with Crippen LogP contribution in [0.25, 0.3) is 0 Å². The number of para-hydroxylation sites is 1. The summed E-state index contributed by atoms with van der Waals surface area (Å²) in [5, 5.41) is 2.66. The third-order valence-electron chi connectivity index (χ3n) is 4.81. The van der Waals surface area contributed by atoms with Crippen LogP contribution in [0.5, 0.6) is 5.75 Å². The first-order valence-corrected chi connectivity index (χ1v) is 10.9. The Bertz CT molecular complexity index is 998. The van der Waals surface area contributed by atoms with Gasteiger partial charge in [-0.05, 0) is 49.6 Å². The molecule has 0 saturated carbocycles. The zero-order valence-electron chi connectivity index (χ0n) is 16.3. The normalized spacial score (nSPS) is 14.9. The minimum atomic E-state index is -3.60. The fraction of sp³-hybridized carbons (Fsp3) is 0.333. The van der Waals surface area contributed by atoms with Crippen LogP contribution in [0.4, 0.5) is 5.69 Å². The number of hydrogen-bond acceptors (Lipinski definition) is 5. The largest absolute Gasteiger partial charge is 0.483 e. The summed E-state index contributed by atoms with van der Waals surface area (Å²) >= 11 is 0. The van der Waals surface area contributed by atoms with Crippen LogP contribution in [0.2, 0.25) is 0 Å². The average molecular weight is 416 g/mol. The van der Waals surface area contributed by atoms with Gasteiger partial charge in [0, 0.05) is 18.8 Å². The molecule has 3 rings (SSSR count). The summed E-state index contributed by atoms with van der Waals surface area (Å²) in [6.07, 6.45) is 3.40. The number of rotatable bonds is 7. The summed E-state index contributed by atoms with van der Waals surface area (Å²) in [6, 6.07) is 11.4. The molecule has 0 aromatic heterocycles. The van der Waals surface area contributed by atoms with Crippen molar-refractivity contribution < 1.29 is 22.7 Å². The van der Waals surface area contributed by atoms with Gasteiger partial charge in [-0.2, -0.15) is 4.31 Å². The zero-order valence-corrected chi connectivity index (χ0v) is 17.1. The number of nitrogens with one attached hydrogen (secondary N) is 1. The minimum Gasteiger partial charge on any atom is -0.483 e. The van der Waals surface area contributed by atoms with E-state index in [1.165, 1.54) is 10.4 Å². The predicted molar refractivity (Wildman–Crippen MR) is 110 cm³/mol. The molecule has 1 heterocycles. The lowest BCUT2D eigenvalue weighted by molar-refractivity contribution is -0.118. The summed E-state index contributed by atoms with van der Waals surface area (Å²) in [4.78, 5) is 23.5. The number of carbonyl (C=O) groups excluding carboxylic acids is 2. The van der Waals surface area contributed by atoms with Crippen LogP contribution in [0, 0.1) is 6.92 Å². The Morgan fingerprint density at radius 2 is 1.86 bits per heavy atom. The lowest BCUT2D eigenvalue weighted by Gasteiger charge is -2.26. The first-order valence-electron chi connectivity index (χ1n) is 9.49. The van der Waals surface area contributed by atoms with Gasteiger partial charge in [-0.1, -0.05) is 24.6 Å². The van der Waals surface area contributed by atoms with Gasteiger partial charge in [0.05, 0.1) is 10.5 Å². The second kappa shape index (κ2) is 9.19. The van der Waals surface area contributed by atoms with Crippen molar-refractivity contribution in [2.45, 2.75) is 31.1 Å². The number of benzene rings is 2. The smallest absolute Gasteiger partial charge is 0.262 e. The molecule has 1 saturated heterocycles. The highest BCUT2D eigenvalue weighted by molar-refractivity contribution is 7.89. The van der Waals surface area contributed by atoms with Crippen LogP contribution in [0.3, 0.4) is 0 Å². The molecule has 2 aromatic rings. The molecule has 1 aliphatic heterocycles. The number of carbonyl (C=O) groups is 2. The number of aldehydes is 1. The topological polar surface area (TPSA) is 92.8 Å². The van der Waals surface area contributed by atoms with E-state index in [1.54, 1.807) is 43.3 Å². The molecule has 0 aliphatic carbocycles. The maximum Gasteiger partial charge on any atom is 0.262 e. The van der Waals surface area contributed by atoms with Crippen molar-refractivity contribution in [2.75, 3.05) is 25.0 Å². The van der Waals surface area contributed by atoms with Gasteiger partial charge in [0.15, 0.2) is 12.9 Å². The number of amides is 1. The zero-order chi connectivity index (χ0) is 20.9. The molecule has 154 valence electrons. The molecule has 1 fully saturated rings. The van der Waals surface area contributed by atoms with Gasteiger partial charge in [-0.3, -0.25) is 9.59 Å². The van der Waals surface area contributed by atoms with E-state index in [2.05, 4.69) is 5.32 Å². The van der Waals surface area contributed by atoms with Gasteiger partial charge in [0.1, 0.15) is 5.75 Å². The maximum absolute atomic E-state index is 13.0. The highest BCUT2D eigenvalue weighted by Crippen LogP contribution is 2.26. The Morgan fingerprint density at radius 3 is 2.59 bits per heavy atom. The van der Waals surface area contributed by atoms with E-state index < -0.39 is 15.9 Å². The number of hydrogen-bond donors (Lipinski definition) is 1. The molecule has 7 nitrogen and oxygen atoms in total. The van der Waals surface area contributed by atoms with E-state index >= 15 is 0 Å². The number of sulfonamides is 1. The summed E-state index contributed by atoms with van der Waals surface area (Å²) in [7, 11) is -3.60. The van der Waals surface area contributed by atoms with Crippen molar-refractivity contribution in [3.8, 4) is 5.75 Å². The molecule has 0 bridgehead atoms. The van der Waals surface area contributed by atoms with E-state index in [0.29, 0.717) is 41.9 Å². The molecular formula is C21H24N2O5S. The molecule has 1 N–H and O–H groups in total. The molecule has 0 unspecified atom stereocenters. The van der Waals surface area contributed by atoms with Crippen molar-refractivity contribution >= 4 is 27.9 Å². The summed E-state index contributed by atoms with van der Waals surface area (Å²) in [5.74, 6) is -0.134. The molecule has 0 radical (unpaired) electrons. The SMILES string of the molecule is Cc1ccc(NC(=O)COc2ccccc2C=O)cc1S(=O)(=O)N1CCCCC1. The number of piperidine rings is 1. The second-order valence-electron chi connectivity index (χ2n) is 6.94. The summed E-state index contributed by atoms with van der Waals surface area (Å²) in [5.41, 5.74) is 1.36. The predicted octanol–water partition coefficient (Wildman–Crippen LogP) is 3.00. The van der Waals surface area contributed by atoms with Crippen molar-refractivity contribution in [3.63, 3.8) is 0 Å². The Kier molecular flexibility index (Phi) is 6.66. The molecule has 29 heavy (non-hydrogen) atoms. The van der Waals surface area contributed by atoms with E-state index in [1.807, 2.05) is 0 Å². The highest BCUT2D eigenvalue weighted by atomic mass is 32.2. The Labute approximate surface area is 170 Å². The van der Waals surface area contributed by atoms with Crippen LogP contribution in [0.15, 0.2) is 47.4 Å². The summed E-state index contributed by atoms with van der Waals surface area (Å²) < 4.78 is 32.9. The van der Waals surface area contributed by atoms with Gasteiger partial charge in [-0.15, -0.1) is 0 Å². The van der Waals surface area contributed by atoms with E-state index in [0.717, 1.165) is 19.3 Å². The first kappa shape index (κ1) is 21.0. The Morgan fingerprint density at radius 1 is 1.14 bits per heavy atom. The fourth-order valence-corrected chi connectivity index (χ4v) is 5.02. The lowest BCUT2D eigenvalue weighted by Crippen LogP contribution is -2.36. The first-order chi connectivity index (χ1) is 13.9.